The lowest BCUT2D eigenvalue weighted by Gasteiger charge is -2.39. The van der Waals surface area contributed by atoms with E-state index in [1.807, 2.05) is 34.1 Å². The number of halogens is 3. The fourth-order valence-electron chi connectivity index (χ4n) is 5.40. The van der Waals surface area contributed by atoms with Crippen molar-refractivity contribution in [3.05, 3.63) is 47.8 Å². The van der Waals surface area contributed by atoms with Crippen LogP contribution in [0.3, 0.4) is 0 Å². The summed E-state index contributed by atoms with van der Waals surface area (Å²) in [6.07, 6.45) is -2.93. The number of ether oxygens (including phenoxy) is 1. The zero-order chi connectivity index (χ0) is 28.5. The lowest BCUT2D eigenvalue weighted by Crippen LogP contribution is -2.43. The highest BCUT2D eigenvalue weighted by molar-refractivity contribution is 5.73. The number of piperidine rings is 1. The highest BCUT2D eigenvalue weighted by Crippen LogP contribution is 2.35. The van der Waals surface area contributed by atoms with Crippen LogP contribution in [-0.4, -0.2) is 92.5 Å². The van der Waals surface area contributed by atoms with E-state index in [0.29, 0.717) is 48.6 Å². The Bertz CT molecular complexity index is 1320. The van der Waals surface area contributed by atoms with Gasteiger partial charge in [-0.1, -0.05) is 12.1 Å². The third-order valence-electron chi connectivity index (χ3n) is 7.90. The number of amides is 1. The smallest absolute Gasteiger partial charge is 0.453 e. The van der Waals surface area contributed by atoms with Crippen LogP contribution in [0.4, 0.5) is 19.0 Å². The molecule has 0 bridgehead atoms. The maximum absolute atomic E-state index is 13.2. The molecule has 2 fully saturated rings. The van der Waals surface area contributed by atoms with Gasteiger partial charge >= 0.3 is 6.18 Å². The maximum Gasteiger partial charge on any atom is 0.453 e. The van der Waals surface area contributed by atoms with Crippen LogP contribution in [0.5, 0.6) is 5.75 Å². The quantitative estimate of drug-likeness (QED) is 0.491. The first-order chi connectivity index (χ1) is 19.0. The molecule has 0 unspecified atom stereocenters. The SMILES string of the molecule is CC(=O)N1CCCN([C@H](C)COc2ccc(C3(O)CCN(c4ccc5nnc(C(F)(F)F)n5n4)CC3)cc2)CC1. The number of fused-ring (bicyclic) bond motifs is 1. The van der Waals surface area contributed by atoms with Gasteiger partial charge in [-0.05, 0) is 56.0 Å². The van der Waals surface area contributed by atoms with Crippen LogP contribution in [0.25, 0.3) is 5.65 Å². The van der Waals surface area contributed by atoms with Crippen molar-refractivity contribution in [3.63, 3.8) is 0 Å². The predicted molar refractivity (Wildman–Crippen MR) is 141 cm³/mol. The van der Waals surface area contributed by atoms with Crippen molar-refractivity contribution in [3.8, 4) is 5.75 Å². The third-order valence-corrected chi connectivity index (χ3v) is 7.90. The zero-order valence-corrected chi connectivity index (χ0v) is 22.6. The third kappa shape index (κ3) is 5.99. The Morgan fingerprint density at radius 3 is 2.42 bits per heavy atom. The van der Waals surface area contributed by atoms with Gasteiger partial charge in [-0.25, -0.2) is 0 Å². The Labute approximate surface area is 230 Å². The lowest BCUT2D eigenvalue weighted by molar-refractivity contribution is -0.146. The number of anilines is 1. The average Bonchev–Trinajstić information content (AvgIpc) is 3.21. The van der Waals surface area contributed by atoms with Crippen molar-refractivity contribution in [1.82, 2.24) is 29.6 Å². The Hall–Kier alpha value is -3.45. The molecule has 1 amide bonds. The molecule has 2 saturated heterocycles. The molecular weight excluding hydrogens is 527 g/mol. The van der Waals surface area contributed by atoms with Gasteiger partial charge in [-0.2, -0.15) is 17.7 Å². The number of rotatable bonds is 6. The Morgan fingerprint density at radius 1 is 1.02 bits per heavy atom. The largest absolute Gasteiger partial charge is 0.492 e. The summed E-state index contributed by atoms with van der Waals surface area (Å²) in [6, 6.07) is 10.7. The molecule has 2 aliphatic heterocycles. The number of hydrogen-bond acceptors (Lipinski definition) is 8. The van der Waals surface area contributed by atoms with E-state index in [2.05, 4.69) is 27.1 Å². The van der Waals surface area contributed by atoms with Gasteiger partial charge in [-0.3, -0.25) is 9.69 Å². The van der Waals surface area contributed by atoms with E-state index in [1.54, 1.807) is 13.0 Å². The second kappa shape index (κ2) is 11.2. The fourth-order valence-corrected chi connectivity index (χ4v) is 5.40. The Kier molecular flexibility index (Phi) is 7.87. The minimum Gasteiger partial charge on any atom is -0.492 e. The minimum atomic E-state index is -4.66. The molecule has 40 heavy (non-hydrogen) atoms. The van der Waals surface area contributed by atoms with Crippen LogP contribution in [0.2, 0.25) is 0 Å². The molecule has 2 aromatic heterocycles. The van der Waals surface area contributed by atoms with Gasteiger partial charge in [0.15, 0.2) is 5.65 Å². The van der Waals surface area contributed by atoms with Gasteiger partial charge in [0.1, 0.15) is 18.2 Å². The Balaban J connectivity index is 1.16. The number of benzene rings is 1. The van der Waals surface area contributed by atoms with E-state index in [-0.39, 0.29) is 17.6 Å². The predicted octanol–water partition coefficient (Wildman–Crippen LogP) is 2.95. The van der Waals surface area contributed by atoms with Crippen molar-refractivity contribution < 1.29 is 27.8 Å². The van der Waals surface area contributed by atoms with Crippen molar-refractivity contribution in [2.45, 2.75) is 50.9 Å². The molecule has 216 valence electrons. The summed E-state index contributed by atoms with van der Waals surface area (Å²) in [7, 11) is 0. The number of aromatic nitrogens is 4. The first kappa shape index (κ1) is 28.1. The van der Waals surface area contributed by atoms with Gasteiger partial charge in [0.25, 0.3) is 5.82 Å². The number of aliphatic hydroxyl groups is 1. The molecule has 4 heterocycles. The summed E-state index contributed by atoms with van der Waals surface area (Å²) in [5, 5.41) is 22.3. The minimum absolute atomic E-state index is 0.0207. The molecule has 10 nitrogen and oxygen atoms in total. The van der Waals surface area contributed by atoms with Crippen LogP contribution in [-0.2, 0) is 16.6 Å². The second-order valence-electron chi connectivity index (χ2n) is 10.6. The van der Waals surface area contributed by atoms with E-state index >= 15 is 0 Å². The van der Waals surface area contributed by atoms with Crippen LogP contribution in [0, 0.1) is 0 Å². The van der Waals surface area contributed by atoms with E-state index in [0.717, 1.165) is 38.2 Å². The highest BCUT2D eigenvalue weighted by Gasteiger charge is 2.38. The molecule has 1 atom stereocenters. The lowest BCUT2D eigenvalue weighted by atomic mass is 9.84. The molecule has 5 rings (SSSR count). The van der Waals surface area contributed by atoms with E-state index in [4.69, 9.17) is 4.74 Å². The summed E-state index contributed by atoms with van der Waals surface area (Å²) in [4.78, 5) is 17.8. The molecule has 0 aliphatic carbocycles. The van der Waals surface area contributed by atoms with Crippen LogP contribution in [0.1, 0.15) is 44.5 Å². The molecule has 0 saturated carbocycles. The fraction of sp³-hybridized carbons (Fsp3) is 0.556. The summed E-state index contributed by atoms with van der Waals surface area (Å²) >= 11 is 0. The Morgan fingerprint density at radius 2 is 1.75 bits per heavy atom. The standard InChI is InChI=1S/C27H34F3N7O3/c1-19(34-12-3-13-35(17-16-34)20(2)38)18-40-22-6-4-21(5-7-22)26(39)10-14-36(15-11-26)24-9-8-23-31-32-25(27(28,29)30)37(23)33-24/h4-9,19,39H,3,10-18H2,1-2H3/t19-/m1/s1. The first-order valence-corrected chi connectivity index (χ1v) is 13.5. The molecule has 0 spiro atoms. The topological polar surface area (TPSA) is 99.3 Å². The number of carbonyl (C=O) groups is 1. The molecule has 2 aliphatic rings. The number of nitrogens with zero attached hydrogens (tertiary/aromatic N) is 7. The first-order valence-electron chi connectivity index (χ1n) is 13.5. The summed E-state index contributed by atoms with van der Waals surface area (Å²) in [5.41, 5.74) is -0.271. The van der Waals surface area contributed by atoms with Crippen molar-refractivity contribution >= 4 is 17.4 Å². The number of hydrogen-bond donors (Lipinski definition) is 1. The van der Waals surface area contributed by atoms with E-state index in [1.165, 1.54) is 6.07 Å². The monoisotopic (exact) mass is 561 g/mol. The van der Waals surface area contributed by atoms with Gasteiger partial charge in [0, 0.05) is 52.2 Å². The van der Waals surface area contributed by atoms with Crippen LogP contribution in [0.15, 0.2) is 36.4 Å². The molecule has 13 heteroatoms. The number of carbonyl (C=O) groups excluding carboxylic acids is 1. The van der Waals surface area contributed by atoms with Gasteiger partial charge < -0.3 is 19.6 Å². The van der Waals surface area contributed by atoms with E-state index < -0.39 is 17.6 Å². The van der Waals surface area contributed by atoms with Gasteiger partial charge in [0.2, 0.25) is 5.91 Å². The van der Waals surface area contributed by atoms with Crippen molar-refractivity contribution in [2.24, 2.45) is 0 Å². The molecule has 0 radical (unpaired) electrons. The summed E-state index contributed by atoms with van der Waals surface area (Å²) in [5.74, 6) is 0.0309. The molecule has 3 aromatic rings. The average molecular weight is 562 g/mol. The molecular formula is C27H34F3N7O3. The zero-order valence-electron chi connectivity index (χ0n) is 22.6. The van der Waals surface area contributed by atoms with Gasteiger partial charge in [-0.15, -0.1) is 15.3 Å². The maximum atomic E-state index is 13.2. The van der Waals surface area contributed by atoms with Crippen LogP contribution < -0.4 is 9.64 Å². The van der Waals surface area contributed by atoms with Crippen molar-refractivity contribution in [1.29, 1.82) is 0 Å². The summed E-state index contributed by atoms with van der Waals surface area (Å²) in [6.45, 7) is 8.34. The van der Waals surface area contributed by atoms with Crippen molar-refractivity contribution in [2.75, 3.05) is 50.8 Å². The highest BCUT2D eigenvalue weighted by atomic mass is 19.4. The normalized spacial score (nSPS) is 19.4. The second-order valence-corrected chi connectivity index (χ2v) is 10.6. The van der Waals surface area contributed by atoms with Crippen LogP contribution >= 0.6 is 0 Å². The number of alkyl halides is 3. The molecule has 1 aromatic carbocycles. The summed E-state index contributed by atoms with van der Waals surface area (Å²) < 4.78 is 46.5. The molecule has 1 N–H and O–H groups in total. The van der Waals surface area contributed by atoms with E-state index in [9.17, 15) is 23.1 Å². The van der Waals surface area contributed by atoms with Gasteiger partial charge in [0.05, 0.1) is 5.60 Å².